The molecule has 0 aliphatic heterocycles. The van der Waals surface area contributed by atoms with E-state index >= 15 is 0 Å². The number of nitrogens with one attached hydrogen (secondary N) is 3. The second kappa shape index (κ2) is 9.57. The molecule has 0 spiro atoms. The van der Waals surface area contributed by atoms with Gasteiger partial charge in [0.25, 0.3) is 17.7 Å². The number of primary amides is 1. The van der Waals surface area contributed by atoms with Gasteiger partial charge >= 0.3 is 5.76 Å². The second-order valence-corrected chi connectivity index (χ2v) is 8.14. The molecule has 2 aromatic carbocycles. The number of halogens is 2. The molecule has 0 unspecified atom stereocenters. The first-order chi connectivity index (χ1) is 18.2. The van der Waals surface area contributed by atoms with Gasteiger partial charge in [0.05, 0.1) is 17.3 Å². The number of amides is 3. The van der Waals surface area contributed by atoms with E-state index in [1.807, 2.05) is 0 Å². The average molecular weight is 521 g/mol. The summed E-state index contributed by atoms with van der Waals surface area (Å²) in [6.45, 7) is -0.0993. The molecule has 192 valence electrons. The molecule has 0 radical (unpaired) electrons. The number of nitrogens with two attached hydrogens (primary N) is 1. The number of carbonyl (C=O) groups excluding carboxylic acids is 3. The van der Waals surface area contributed by atoms with Crippen LogP contribution in [0.4, 0.5) is 8.78 Å². The number of hydrogen-bond donors (Lipinski definition) is 4. The van der Waals surface area contributed by atoms with Crippen molar-refractivity contribution in [3.05, 3.63) is 98.9 Å². The van der Waals surface area contributed by atoms with Crippen molar-refractivity contribution in [1.82, 2.24) is 30.2 Å². The van der Waals surface area contributed by atoms with Gasteiger partial charge in [0.15, 0.2) is 17.0 Å². The first kappa shape index (κ1) is 24.3. The maximum Gasteiger partial charge on any atom is 0.417 e. The summed E-state index contributed by atoms with van der Waals surface area (Å²) in [5.41, 5.74) is 5.83. The Hall–Kier alpha value is -5.40. The number of hydrogen-bond acceptors (Lipinski definition) is 7. The predicted molar refractivity (Wildman–Crippen MR) is 127 cm³/mol. The minimum Gasteiger partial charge on any atom is -0.408 e. The molecule has 0 saturated carbocycles. The number of fused-ring (bicyclic) bond motifs is 2. The van der Waals surface area contributed by atoms with Crippen LogP contribution >= 0.6 is 0 Å². The summed E-state index contributed by atoms with van der Waals surface area (Å²) >= 11 is 0. The average Bonchev–Trinajstić information content (AvgIpc) is 3.46. The van der Waals surface area contributed by atoms with Gasteiger partial charge in [-0.1, -0.05) is 12.1 Å². The van der Waals surface area contributed by atoms with Crippen molar-refractivity contribution in [3.8, 4) is 0 Å². The monoisotopic (exact) mass is 521 g/mol. The van der Waals surface area contributed by atoms with Crippen LogP contribution in [-0.4, -0.2) is 37.3 Å². The molecule has 3 heterocycles. The number of rotatable bonds is 7. The lowest BCUT2D eigenvalue weighted by Crippen LogP contribution is -2.28. The molecular weight excluding hydrogens is 504 g/mol. The second-order valence-electron chi connectivity index (χ2n) is 8.14. The molecule has 3 aromatic heterocycles. The van der Waals surface area contributed by atoms with Crippen LogP contribution in [0.3, 0.4) is 0 Å². The molecule has 5 N–H and O–H groups in total. The van der Waals surface area contributed by atoms with Crippen LogP contribution in [-0.2, 0) is 13.1 Å². The van der Waals surface area contributed by atoms with Gasteiger partial charge < -0.3 is 20.8 Å². The highest BCUT2D eigenvalue weighted by molar-refractivity contribution is 5.98. The number of nitrogens with zero attached hydrogens (tertiary/aromatic N) is 3. The van der Waals surface area contributed by atoms with Crippen LogP contribution in [0.5, 0.6) is 0 Å². The standard InChI is InChI=1S/C24H17F2N7O5/c25-14-3-1-11(5-13(14)20(27)34)8-29-23(36)18-7-17(31-21-15(26)10-30-33(18)21)22(35)28-9-12-2-4-19-16(6-12)32-24(37)38-19/h1-7,10H,8-9H2,(H2,27,34)(H,28,35)(H,29,36)(H,32,37). The normalized spacial score (nSPS) is 11.1. The van der Waals surface area contributed by atoms with Crippen LogP contribution in [0, 0.1) is 11.6 Å². The van der Waals surface area contributed by atoms with Crippen LogP contribution in [0.2, 0.25) is 0 Å². The van der Waals surface area contributed by atoms with E-state index in [0.29, 0.717) is 22.2 Å². The first-order valence-electron chi connectivity index (χ1n) is 11.0. The fraction of sp³-hybridized carbons (Fsp3) is 0.0833. The molecule has 0 saturated heterocycles. The molecule has 5 aromatic rings. The number of benzene rings is 2. The maximum absolute atomic E-state index is 14.3. The van der Waals surface area contributed by atoms with Gasteiger partial charge in [0.2, 0.25) is 0 Å². The third-order valence-electron chi connectivity index (χ3n) is 5.58. The van der Waals surface area contributed by atoms with Gasteiger partial charge in [-0.05, 0) is 35.4 Å². The van der Waals surface area contributed by atoms with Crippen molar-refractivity contribution in [2.24, 2.45) is 5.73 Å². The minimum absolute atomic E-state index is 0.0326. The third kappa shape index (κ3) is 4.69. The Kier molecular flexibility index (Phi) is 6.12. The van der Waals surface area contributed by atoms with Crippen molar-refractivity contribution < 1.29 is 27.6 Å². The van der Waals surface area contributed by atoms with E-state index in [2.05, 4.69) is 25.7 Å². The first-order valence-corrected chi connectivity index (χ1v) is 11.0. The lowest BCUT2D eigenvalue weighted by molar-refractivity contribution is 0.0941. The smallest absolute Gasteiger partial charge is 0.408 e. The zero-order valence-corrected chi connectivity index (χ0v) is 19.2. The van der Waals surface area contributed by atoms with E-state index < -0.39 is 35.1 Å². The van der Waals surface area contributed by atoms with Gasteiger partial charge in [0, 0.05) is 19.2 Å². The molecule has 0 atom stereocenters. The van der Waals surface area contributed by atoms with E-state index in [1.165, 1.54) is 12.1 Å². The molecule has 14 heteroatoms. The molecule has 0 aliphatic rings. The lowest BCUT2D eigenvalue weighted by Gasteiger charge is -2.10. The zero-order chi connectivity index (χ0) is 27.0. The van der Waals surface area contributed by atoms with Gasteiger partial charge in [-0.2, -0.15) is 5.10 Å². The number of aromatic amines is 1. The maximum atomic E-state index is 14.3. The minimum atomic E-state index is -0.966. The molecule has 3 amide bonds. The summed E-state index contributed by atoms with van der Waals surface area (Å²) in [4.78, 5) is 55.0. The predicted octanol–water partition coefficient (Wildman–Crippen LogP) is 1.40. The molecule has 5 rings (SSSR count). The van der Waals surface area contributed by atoms with Gasteiger partial charge in [-0.15, -0.1) is 0 Å². The summed E-state index contributed by atoms with van der Waals surface area (Å²) in [6.07, 6.45) is 0.848. The van der Waals surface area contributed by atoms with E-state index in [4.69, 9.17) is 10.2 Å². The summed E-state index contributed by atoms with van der Waals surface area (Å²) in [5, 5.41) is 8.98. The summed E-state index contributed by atoms with van der Waals surface area (Å²) in [6, 6.07) is 9.56. The van der Waals surface area contributed by atoms with E-state index in [-0.39, 0.29) is 35.7 Å². The molecular formula is C24H17F2N7O5. The summed E-state index contributed by atoms with van der Waals surface area (Å²) < 4.78 is 33.9. The fourth-order valence-electron chi connectivity index (χ4n) is 3.74. The lowest BCUT2D eigenvalue weighted by atomic mass is 10.1. The third-order valence-corrected chi connectivity index (χ3v) is 5.58. The SMILES string of the molecule is NC(=O)c1cc(CNC(=O)c2cc(C(=O)NCc3ccc4oc(=O)[nH]c4c3)nc3c(F)cnn23)ccc1F. The zero-order valence-electron chi connectivity index (χ0n) is 19.2. The Bertz CT molecular complexity index is 1810. The van der Waals surface area contributed by atoms with Crippen LogP contribution in [0.25, 0.3) is 16.7 Å². The number of oxazole rings is 1. The van der Waals surface area contributed by atoms with Crippen LogP contribution < -0.4 is 22.1 Å². The molecule has 0 aliphatic carbocycles. The van der Waals surface area contributed by atoms with Crippen molar-refractivity contribution >= 4 is 34.5 Å². The van der Waals surface area contributed by atoms with Gasteiger partial charge in [0.1, 0.15) is 17.2 Å². The van der Waals surface area contributed by atoms with Crippen molar-refractivity contribution in [2.75, 3.05) is 0 Å². The number of H-pyrrole nitrogens is 1. The topological polar surface area (TPSA) is 177 Å². The summed E-state index contributed by atoms with van der Waals surface area (Å²) in [7, 11) is 0. The van der Waals surface area contributed by atoms with Crippen molar-refractivity contribution in [3.63, 3.8) is 0 Å². The number of carbonyl (C=O) groups is 3. The highest BCUT2D eigenvalue weighted by Crippen LogP contribution is 2.15. The van der Waals surface area contributed by atoms with Gasteiger partial charge in [-0.25, -0.2) is 23.1 Å². The summed E-state index contributed by atoms with van der Waals surface area (Å²) in [5.74, 6) is -4.68. The number of aromatic nitrogens is 4. The Balaban J connectivity index is 1.36. The van der Waals surface area contributed by atoms with Crippen molar-refractivity contribution in [2.45, 2.75) is 13.1 Å². The van der Waals surface area contributed by atoms with Crippen LogP contribution in [0.1, 0.15) is 42.5 Å². The quantitative estimate of drug-likeness (QED) is 0.250. The van der Waals surface area contributed by atoms with E-state index in [1.54, 1.807) is 18.2 Å². The van der Waals surface area contributed by atoms with Crippen LogP contribution in [0.15, 0.2) is 57.9 Å². The largest absolute Gasteiger partial charge is 0.417 e. The highest BCUT2D eigenvalue weighted by atomic mass is 19.1. The fourth-order valence-corrected chi connectivity index (χ4v) is 3.74. The Labute approximate surface area is 210 Å². The van der Waals surface area contributed by atoms with Crippen molar-refractivity contribution in [1.29, 1.82) is 0 Å². The molecule has 0 fully saturated rings. The highest BCUT2D eigenvalue weighted by Gasteiger charge is 2.20. The Morgan fingerprint density at radius 2 is 1.68 bits per heavy atom. The van der Waals surface area contributed by atoms with E-state index in [0.717, 1.165) is 22.8 Å². The van der Waals surface area contributed by atoms with E-state index in [9.17, 15) is 28.0 Å². The van der Waals surface area contributed by atoms with Gasteiger partial charge in [-0.3, -0.25) is 19.4 Å². The Morgan fingerprint density at radius 1 is 0.974 bits per heavy atom. The Morgan fingerprint density at radius 3 is 2.45 bits per heavy atom. The molecule has 12 nitrogen and oxygen atoms in total. The molecule has 38 heavy (non-hydrogen) atoms. The molecule has 0 bridgehead atoms.